The molecular formula is C13H15ClN2O5S. The molecule has 9 heteroatoms. The van der Waals surface area contributed by atoms with E-state index in [4.69, 9.17) is 17.3 Å². The first kappa shape index (κ1) is 16.7. The number of nitrogens with zero attached hydrogens (tertiary/aromatic N) is 1. The van der Waals surface area contributed by atoms with Gasteiger partial charge in [-0.05, 0) is 31.0 Å². The third kappa shape index (κ3) is 3.57. The van der Waals surface area contributed by atoms with Crippen molar-refractivity contribution in [3.8, 4) is 0 Å². The molecule has 1 heterocycles. The summed E-state index contributed by atoms with van der Waals surface area (Å²) < 4.78 is 31.0. The minimum Gasteiger partial charge on any atom is -0.452 e. The maximum absolute atomic E-state index is 12.5. The number of ether oxygens (including phenoxy) is 1. The van der Waals surface area contributed by atoms with Gasteiger partial charge < -0.3 is 10.5 Å². The number of benzene rings is 1. The predicted molar refractivity (Wildman–Crippen MR) is 78.9 cm³/mol. The number of amides is 1. The summed E-state index contributed by atoms with van der Waals surface area (Å²) in [5.41, 5.74) is 4.87. The summed E-state index contributed by atoms with van der Waals surface area (Å²) in [5.74, 6) is -1.64. The van der Waals surface area contributed by atoms with Gasteiger partial charge in [-0.2, -0.15) is 4.31 Å². The van der Waals surface area contributed by atoms with Gasteiger partial charge in [0.05, 0.1) is 10.6 Å². The van der Waals surface area contributed by atoms with E-state index in [-0.39, 0.29) is 15.5 Å². The van der Waals surface area contributed by atoms with E-state index >= 15 is 0 Å². The molecule has 0 radical (unpaired) electrons. The summed E-state index contributed by atoms with van der Waals surface area (Å²) in [7, 11) is -3.75. The van der Waals surface area contributed by atoms with E-state index in [0.29, 0.717) is 13.1 Å². The molecule has 2 rings (SSSR count). The number of esters is 1. The Morgan fingerprint density at radius 1 is 1.27 bits per heavy atom. The summed E-state index contributed by atoms with van der Waals surface area (Å²) >= 11 is 5.96. The largest absolute Gasteiger partial charge is 0.452 e. The first-order valence-electron chi connectivity index (χ1n) is 6.57. The van der Waals surface area contributed by atoms with E-state index in [0.717, 1.165) is 18.9 Å². The monoisotopic (exact) mass is 346 g/mol. The van der Waals surface area contributed by atoms with Crippen LogP contribution in [-0.4, -0.2) is 44.3 Å². The molecule has 1 aliphatic rings. The second-order valence-corrected chi connectivity index (χ2v) is 7.11. The van der Waals surface area contributed by atoms with E-state index < -0.39 is 28.5 Å². The second kappa shape index (κ2) is 6.64. The van der Waals surface area contributed by atoms with E-state index in [1.807, 2.05) is 0 Å². The zero-order valence-corrected chi connectivity index (χ0v) is 13.2. The summed E-state index contributed by atoms with van der Waals surface area (Å²) in [6, 6.07) is 3.79. The number of hydrogen-bond acceptors (Lipinski definition) is 5. The number of halogens is 1. The van der Waals surface area contributed by atoms with Crippen molar-refractivity contribution in [2.75, 3.05) is 19.7 Å². The number of sulfonamides is 1. The van der Waals surface area contributed by atoms with Gasteiger partial charge in [0.15, 0.2) is 6.61 Å². The van der Waals surface area contributed by atoms with E-state index in [2.05, 4.69) is 4.74 Å². The van der Waals surface area contributed by atoms with Crippen LogP contribution in [0.5, 0.6) is 0 Å². The van der Waals surface area contributed by atoms with Crippen LogP contribution in [0, 0.1) is 0 Å². The van der Waals surface area contributed by atoms with E-state index in [9.17, 15) is 18.0 Å². The van der Waals surface area contributed by atoms with Crippen molar-refractivity contribution in [2.24, 2.45) is 5.73 Å². The highest BCUT2D eigenvalue weighted by Crippen LogP contribution is 2.28. The Kier molecular flexibility index (Phi) is 5.05. The van der Waals surface area contributed by atoms with Gasteiger partial charge in [-0.1, -0.05) is 11.6 Å². The molecule has 1 aromatic carbocycles. The second-order valence-electron chi connectivity index (χ2n) is 4.80. The number of carbonyl (C=O) groups excluding carboxylic acids is 2. The van der Waals surface area contributed by atoms with Crippen LogP contribution >= 0.6 is 11.6 Å². The fraction of sp³-hybridized carbons (Fsp3) is 0.385. The van der Waals surface area contributed by atoms with Crippen LogP contribution in [0.1, 0.15) is 23.2 Å². The lowest BCUT2D eigenvalue weighted by Crippen LogP contribution is -2.28. The maximum Gasteiger partial charge on any atom is 0.338 e. The molecule has 1 amide bonds. The van der Waals surface area contributed by atoms with Crippen molar-refractivity contribution in [1.82, 2.24) is 4.31 Å². The molecule has 0 aromatic heterocycles. The van der Waals surface area contributed by atoms with Gasteiger partial charge in [-0.15, -0.1) is 0 Å². The highest BCUT2D eigenvalue weighted by molar-refractivity contribution is 7.89. The van der Waals surface area contributed by atoms with Crippen molar-refractivity contribution in [1.29, 1.82) is 0 Å². The Balaban J connectivity index is 2.30. The molecule has 1 aromatic rings. The summed E-state index contributed by atoms with van der Waals surface area (Å²) in [6.07, 6.45) is 1.58. The van der Waals surface area contributed by atoms with Gasteiger partial charge in [0, 0.05) is 13.1 Å². The third-order valence-corrected chi connectivity index (χ3v) is 5.58. The lowest BCUT2D eigenvalue weighted by atomic mass is 10.2. The number of rotatable bonds is 5. The lowest BCUT2D eigenvalue weighted by Gasteiger charge is -2.17. The quantitative estimate of drug-likeness (QED) is 0.792. The Labute approximate surface area is 133 Å². The average molecular weight is 347 g/mol. The number of hydrogen-bond donors (Lipinski definition) is 1. The lowest BCUT2D eigenvalue weighted by molar-refractivity contribution is -0.121. The molecular weight excluding hydrogens is 332 g/mol. The highest BCUT2D eigenvalue weighted by Gasteiger charge is 2.29. The van der Waals surface area contributed by atoms with Crippen LogP contribution < -0.4 is 5.73 Å². The molecule has 0 unspecified atom stereocenters. The molecule has 1 saturated heterocycles. The first-order valence-corrected chi connectivity index (χ1v) is 8.39. The topological polar surface area (TPSA) is 107 Å². The number of primary amides is 1. The molecule has 22 heavy (non-hydrogen) atoms. The molecule has 0 saturated carbocycles. The van der Waals surface area contributed by atoms with Crippen LogP contribution in [0.4, 0.5) is 0 Å². The Bertz CT molecular complexity index is 698. The van der Waals surface area contributed by atoms with Crippen molar-refractivity contribution in [3.63, 3.8) is 0 Å². The molecule has 7 nitrogen and oxygen atoms in total. The van der Waals surface area contributed by atoms with Crippen molar-refractivity contribution < 1.29 is 22.7 Å². The molecule has 0 bridgehead atoms. The van der Waals surface area contributed by atoms with Gasteiger partial charge in [0.1, 0.15) is 4.90 Å². The zero-order valence-electron chi connectivity index (χ0n) is 11.6. The smallest absolute Gasteiger partial charge is 0.338 e. The normalized spacial score (nSPS) is 15.7. The molecule has 1 fully saturated rings. The Morgan fingerprint density at radius 2 is 1.91 bits per heavy atom. The average Bonchev–Trinajstić information content (AvgIpc) is 3.00. The molecule has 1 aliphatic heterocycles. The first-order chi connectivity index (χ1) is 10.3. The van der Waals surface area contributed by atoms with E-state index in [1.165, 1.54) is 16.4 Å². The van der Waals surface area contributed by atoms with Gasteiger partial charge in [0.2, 0.25) is 10.0 Å². The molecule has 0 aliphatic carbocycles. The SMILES string of the molecule is NC(=O)COC(=O)c1ccc(Cl)c(S(=O)(=O)N2CCCC2)c1. The highest BCUT2D eigenvalue weighted by atomic mass is 35.5. The Morgan fingerprint density at radius 3 is 2.50 bits per heavy atom. The summed E-state index contributed by atoms with van der Waals surface area (Å²) in [4.78, 5) is 22.2. The Hall–Kier alpha value is -1.64. The number of nitrogens with two attached hydrogens (primary N) is 1. The molecule has 0 spiro atoms. The van der Waals surface area contributed by atoms with Gasteiger partial charge in [-0.25, -0.2) is 13.2 Å². The summed E-state index contributed by atoms with van der Waals surface area (Å²) in [5, 5.41) is 0.0263. The zero-order chi connectivity index (χ0) is 16.3. The minimum atomic E-state index is -3.75. The standard InChI is InChI=1S/C13H15ClN2O5S/c14-10-4-3-9(13(18)21-8-12(15)17)7-11(10)22(19,20)16-5-1-2-6-16/h3-4,7H,1-2,5-6,8H2,(H2,15,17). The predicted octanol–water partition coefficient (Wildman–Crippen LogP) is 0.767. The fourth-order valence-corrected chi connectivity index (χ4v) is 4.13. The van der Waals surface area contributed by atoms with Gasteiger partial charge in [-0.3, -0.25) is 4.79 Å². The van der Waals surface area contributed by atoms with Crippen LogP contribution in [0.3, 0.4) is 0 Å². The summed E-state index contributed by atoms with van der Waals surface area (Å²) in [6.45, 7) is 0.277. The molecule has 0 atom stereocenters. The molecule has 120 valence electrons. The maximum atomic E-state index is 12.5. The van der Waals surface area contributed by atoms with Crippen molar-refractivity contribution >= 4 is 33.5 Å². The van der Waals surface area contributed by atoms with Crippen LogP contribution in [0.15, 0.2) is 23.1 Å². The number of carbonyl (C=O) groups is 2. The van der Waals surface area contributed by atoms with Crippen molar-refractivity contribution in [2.45, 2.75) is 17.7 Å². The van der Waals surface area contributed by atoms with Gasteiger partial charge in [0.25, 0.3) is 5.91 Å². The van der Waals surface area contributed by atoms with E-state index in [1.54, 1.807) is 0 Å². The van der Waals surface area contributed by atoms with Crippen LogP contribution in [0.25, 0.3) is 0 Å². The van der Waals surface area contributed by atoms with Crippen LogP contribution in [-0.2, 0) is 19.6 Å². The molecule has 2 N–H and O–H groups in total. The van der Waals surface area contributed by atoms with Crippen molar-refractivity contribution in [3.05, 3.63) is 28.8 Å². The van der Waals surface area contributed by atoms with Crippen LogP contribution in [0.2, 0.25) is 5.02 Å². The third-order valence-electron chi connectivity index (χ3n) is 3.20. The minimum absolute atomic E-state index is 0.0107. The van der Waals surface area contributed by atoms with Gasteiger partial charge >= 0.3 is 5.97 Å². The fourth-order valence-electron chi connectivity index (χ4n) is 2.12.